The van der Waals surface area contributed by atoms with Crippen LogP contribution in [0.5, 0.6) is 0 Å². The molecular weight excluding hydrogens is 310 g/mol. The first-order valence-corrected chi connectivity index (χ1v) is 8.83. The molecule has 118 valence electrons. The molecule has 0 aromatic carbocycles. The van der Waals surface area contributed by atoms with Crippen LogP contribution in [0, 0.1) is 10.1 Å². The summed E-state index contributed by atoms with van der Waals surface area (Å²) in [5, 5.41) is 13.6. The lowest BCUT2D eigenvalue weighted by Crippen LogP contribution is -2.12. The minimum absolute atomic E-state index is 0.124. The fourth-order valence-corrected chi connectivity index (χ4v) is 2.66. The summed E-state index contributed by atoms with van der Waals surface area (Å²) >= 11 is 2.85. The van der Waals surface area contributed by atoms with Crippen LogP contribution >= 0.6 is 23.5 Å². The van der Waals surface area contributed by atoms with Gasteiger partial charge in [-0.05, 0) is 32.5 Å². The quantitative estimate of drug-likeness (QED) is 0.401. The van der Waals surface area contributed by atoms with Gasteiger partial charge >= 0.3 is 5.03 Å². The molecule has 0 saturated carbocycles. The molecule has 1 heterocycles. The fourth-order valence-electron chi connectivity index (χ4n) is 1.55. The molecule has 1 aromatic heterocycles. The van der Waals surface area contributed by atoms with Crippen molar-refractivity contribution in [2.24, 2.45) is 0 Å². The third kappa shape index (κ3) is 7.45. The third-order valence-corrected chi connectivity index (χ3v) is 4.11. The van der Waals surface area contributed by atoms with Crippen LogP contribution in [-0.2, 0) is 12.3 Å². The molecule has 0 unspecified atom stereocenters. The van der Waals surface area contributed by atoms with E-state index in [1.165, 1.54) is 6.20 Å². The highest BCUT2D eigenvalue weighted by Crippen LogP contribution is 2.16. The van der Waals surface area contributed by atoms with E-state index in [0.29, 0.717) is 6.54 Å². The first-order chi connectivity index (χ1) is 10.0. The second kappa shape index (κ2) is 9.75. The second-order valence-electron chi connectivity index (χ2n) is 4.56. The van der Waals surface area contributed by atoms with Crippen molar-refractivity contribution in [2.75, 3.05) is 32.6 Å². The minimum Gasteiger partial charge on any atom is -0.464 e. The highest BCUT2D eigenvalue weighted by molar-refractivity contribution is 8.02. The first kappa shape index (κ1) is 17.9. The normalized spacial score (nSPS) is 11.9. The number of rotatable bonds is 10. The molecule has 1 aromatic rings. The monoisotopic (exact) mass is 331 g/mol. The molecule has 0 amide bonds. The van der Waals surface area contributed by atoms with Gasteiger partial charge in [-0.2, -0.15) is 11.8 Å². The third-order valence-electron chi connectivity index (χ3n) is 2.44. The largest absolute Gasteiger partial charge is 0.464 e. The summed E-state index contributed by atoms with van der Waals surface area (Å²) in [6, 6.07) is 4.00. The molecule has 0 radical (unpaired) electrons. The summed E-state index contributed by atoms with van der Waals surface area (Å²) in [6.45, 7) is 1.49. The first-order valence-electron chi connectivity index (χ1n) is 6.45. The second-order valence-corrected chi connectivity index (χ2v) is 6.49. The predicted molar refractivity (Wildman–Crippen MR) is 88.9 cm³/mol. The summed E-state index contributed by atoms with van der Waals surface area (Å²) in [4.78, 5) is 12.2. The summed E-state index contributed by atoms with van der Waals surface area (Å²) < 4.78 is 5.70. The van der Waals surface area contributed by atoms with E-state index >= 15 is 0 Å². The summed E-state index contributed by atoms with van der Waals surface area (Å²) in [6.07, 6.45) is 3.14. The van der Waals surface area contributed by atoms with Crippen LogP contribution in [0.15, 0.2) is 27.8 Å². The molecule has 0 atom stereocenters. The lowest BCUT2D eigenvalue weighted by Gasteiger charge is -2.05. The Bertz CT molecular complexity index is 475. The molecule has 0 aliphatic heterocycles. The zero-order valence-electron chi connectivity index (χ0n) is 12.5. The zero-order valence-corrected chi connectivity index (χ0v) is 14.1. The van der Waals surface area contributed by atoms with Crippen LogP contribution in [0.4, 0.5) is 0 Å². The number of nitrogens with zero attached hydrogens (tertiary/aromatic N) is 2. The van der Waals surface area contributed by atoms with Gasteiger partial charge in [-0.15, -0.1) is 0 Å². The standard InChI is InChI=1S/C13H21N3O3S2/c1-15(2)9-11-4-5-12(19-11)10-21-7-6-14-8-13(20-3)16(17)18/h4-5,8,14H,6-7,9-10H2,1-3H3. The molecule has 1 rings (SSSR count). The van der Waals surface area contributed by atoms with Crippen LogP contribution in [-0.4, -0.2) is 42.5 Å². The molecule has 0 bridgehead atoms. The Hall–Kier alpha value is -1.12. The van der Waals surface area contributed by atoms with Gasteiger partial charge in [-0.3, -0.25) is 10.1 Å². The van der Waals surface area contributed by atoms with E-state index in [0.717, 1.165) is 41.3 Å². The highest BCUT2D eigenvalue weighted by Gasteiger charge is 2.07. The summed E-state index contributed by atoms with van der Waals surface area (Å²) in [5.41, 5.74) is 0. The molecule has 21 heavy (non-hydrogen) atoms. The van der Waals surface area contributed by atoms with E-state index in [-0.39, 0.29) is 9.95 Å². The van der Waals surface area contributed by atoms with Crippen molar-refractivity contribution in [1.82, 2.24) is 10.2 Å². The van der Waals surface area contributed by atoms with E-state index in [1.54, 1.807) is 18.0 Å². The molecular formula is C13H21N3O3S2. The SMILES string of the molecule is CSC(=CNCCSCc1ccc(CN(C)C)o1)[N+](=O)[O-]. The average molecular weight is 331 g/mol. The van der Waals surface area contributed by atoms with Crippen molar-refractivity contribution in [1.29, 1.82) is 0 Å². The van der Waals surface area contributed by atoms with Gasteiger partial charge in [0.1, 0.15) is 11.5 Å². The van der Waals surface area contributed by atoms with Crippen molar-refractivity contribution in [3.63, 3.8) is 0 Å². The Morgan fingerprint density at radius 2 is 2.19 bits per heavy atom. The Labute approximate surface area is 133 Å². The zero-order chi connectivity index (χ0) is 15.7. The van der Waals surface area contributed by atoms with Gasteiger partial charge in [0, 0.05) is 12.3 Å². The van der Waals surface area contributed by atoms with Gasteiger partial charge in [-0.1, -0.05) is 11.8 Å². The van der Waals surface area contributed by atoms with E-state index in [1.807, 2.05) is 26.2 Å². The maximum absolute atomic E-state index is 10.6. The predicted octanol–water partition coefficient (Wildman–Crippen LogP) is 2.60. The molecule has 8 heteroatoms. The van der Waals surface area contributed by atoms with Crippen molar-refractivity contribution in [3.8, 4) is 0 Å². The van der Waals surface area contributed by atoms with Crippen molar-refractivity contribution < 1.29 is 9.34 Å². The molecule has 0 spiro atoms. The van der Waals surface area contributed by atoms with Gasteiger partial charge in [0.25, 0.3) is 0 Å². The topological polar surface area (TPSA) is 71.5 Å². The average Bonchev–Trinajstić information content (AvgIpc) is 2.84. The van der Waals surface area contributed by atoms with Gasteiger partial charge in [-0.25, -0.2) is 0 Å². The van der Waals surface area contributed by atoms with E-state index in [9.17, 15) is 10.1 Å². The summed E-state index contributed by atoms with van der Waals surface area (Å²) in [7, 11) is 4.01. The molecule has 0 aliphatic carbocycles. The molecule has 6 nitrogen and oxygen atoms in total. The minimum atomic E-state index is -0.389. The van der Waals surface area contributed by atoms with Gasteiger partial charge in [0.05, 0.1) is 23.4 Å². The maximum Gasteiger partial charge on any atom is 0.318 e. The van der Waals surface area contributed by atoms with Crippen LogP contribution in [0.2, 0.25) is 0 Å². The molecule has 0 saturated heterocycles. The van der Waals surface area contributed by atoms with Crippen LogP contribution < -0.4 is 5.32 Å². The van der Waals surface area contributed by atoms with E-state index in [4.69, 9.17) is 4.42 Å². The van der Waals surface area contributed by atoms with Gasteiger partial charge < -0.3 is 14.6 Å². The van der Waals surface area contributed by atoms with E-state index in [2.05, 4.69) is 10.2 Å². The highest BCUT2D eigenvalue weighted by atomic mass is 32.2. The van der Waals surface area contributed by atoms with Gasteiger partial charge in [0.15, 0.2) is 0 Å². The number of furan rings is 1. The molecule has 0 aliphatic rings. The Morgan fingerprint density at radius 1 is 1.48 bits per heavy atom. The molecule has 1 N–H and O–H groups in total. The lowest BCUT2D eigenvalue weighted by atomic mass is 10.4. The molecule has 0 fully saturated rings. The van der Waals surface area contributed by atoms with Crippen LogP contribution in [0.3, 0.4) is 0 Å². The number of nitrogens with one attached hydrogen (secondary N) is 1. The maximum atomic E-state index is 10.6. The Morgan fingerprint density at radius 3 is 2.81 bits per heavy atom. The Balaban J connectivity index is 2.19. The van der Waals surface area contributed by atoms with Crippen molar-refractivity contribution in [3.05, 3.63) is 45.0 Å². The number of hydrogen-bond acceptors (Lipinski definition) is 7. The smallest absolute Gasteiger partial charge is 0.318 e. The Kier molecular flexibility index (Phi) is 8.33. The van der Waals surface area contributed by atoms with Gasteiger partial charge in [0.2, 0.25) is 0 Å². The van der Waals surface area contributed by atoms with Crippen molar-refractivity contribution in [2.45, 2.75) is 12.3 Å². The van der Waals surface area contributed by atoms with Crippen LogP contribution in [0.1, 0.15) is 11.5 Å². The van der Waals surface area contributed by atoms with Crippen molar-refractivity contribution >= 4 is 23.5 Å². The number of thioether (sulfide) groups is 2. The summed E-state index contributed by atoms with van der Waals surface area (Å²) in [5.74, 6) is 3.60. The van der Waals surface area contributed by atoms with Crippen LogP contribution in [0.25, 0.3) is 0 Å². The van der Waals surface area contributed by atoms with E-state index < -0.39 is 0 Å². The number of nitro groups is 1. The lowest BCUT2D eigenvalue weighted by molar-refractivity contribution is -0.410. The fraction of sp³-hybridized carbons (Fsp3) is 0.538. The number of hydrogen-bond donors (Lipinski definition) is 1.